The summed E-state index contributed by atoms with van der Waals surface area (Å²) in [5.74, 6) is -0.765. The molecule has 2 aromatic rings. The van der Waals surface area contributed by atoms with Crippen LogP contribution in [0.25, 0.3) is 0 Å². The lowest BCUT2D eigenvalue weighted by Crippen LogP contribution is -2.13. The van der Waals surface area contributed by atoms with Crippen LogP contribution in [-0.4, -0.2) is 18.0 Å². The van der Waals surface area contributed by atoms with E-state index < -0.39 is 12.1 Å². The van der Waals surface area contributed by atoms with Gasteiger partial charge in [-0.1, -0.05) is 6.07 Å². The second-order valence-corrected chi connectivity index (χ2v) is 5.13. The van der Waals surface area contributed by atoms with Crippen molar-refractivity contribution in [3.63, 3.8) is 0 Å². The Kier molecular flexibility index (Phi) is 4.69. The minimum atomic E-state index is -0.796. The highest BCUT2D eigenvalue weighted by Crippen LogP contribution is 2.15. The average Bonchev–Trinajstić information content (AvgIpc) is 3.02. The first-order valence-corrected chi connectivity index (χ1v) is 7.03. The van der Waals surface area contributed by atoms with Crippen LogP contribution in [0.4, 0.5) is 5.69 Å². The number of hydrogen-bond donors (Lipinski definition) is 1. The van der Waals surface area contributed by atoms with Gasteiger partial charge in [0.2, 0.25) is 0 Å². The molecule has 1 heterocycles. The molecule has 0 saturated carbocycles. The van der Waals surface area contributed by atoms with Crippen LogP contribution < -0.4 is 5.32 Å². The van der Waals surface area contributed by atoms with E-state index in [9.17, 15) is 9.59 Å². The molecular weight excluding hydrogens is 288 g/mol. The maximum Gasteiger partial charge on any atom is 0.339 e. The lowest BCUT2D eigenvalue weighted by molar-refractivity contribution is 0.0435. The first-order valence-electron chi connectivity index (χ1n) is 6.15. The zero-order valence-electron chi connectivity index (χ0n) is 11.2. The van der Waals surface area contributed by atoms with Gasteiger partial charge < -0.3 is 10.1 Å². The van der Waals surface area contributed by atoms with Crippen molar-refractivity contribution < 1.29 is 14.3 Å². The number of esters is 1. The molecule has 1 aromatic heterocycles. The van der Waals surface area contributed by atoms with Crippen molar-refractivity contribution in [1.29, 1.82) is 5.26 Å². The second-order valence-electron chi connectivity index (χ2n) is 4.19. The van der Waals surface area contributed by atoms with Gasteiger partial charge in [0, 0.05) is 5.69 Å². The molecular formula is C15H12N2O3S. The molecule has 0 spiro atoms. The summed E-state index contributed by atoms with van der Waals surface area (Å²) in [6.07, 6.45) is -0.796. The van der Waals surface area contributed by atoms with Crippen LogP contribution in [0.1, 0.15) is 27.0 Å². The number of rotatable bonds is 4. The standard InChI is InChI=1S/C15H12N2O3S/c1-10(9-16)20-15(19)11-4-6-12(7-5-11)17-14(18)13-3-2-8-21-13/h2-8,10H,1H3,(H,17,18)/t10-/m1/s1. The number of nitrogens with zero attached hydrogens (tertiary/aromatic N) is 1. The molecule has 6 heteroatoms. The van der Waals surface area contributed by atoms with E-state index in [-0.39, 0.29) is 5.91 Å². The summed E-state index contributed by atoms with van der Waals surface area (Å²) >= 11 is 1.35. The Morgan fingerprint density at radius 3 is 2.57 bits per heavy atom. The van der Waals surface area contributed by atoms with Gasteiger partial charge in [-0.25, -0.2) is 4.79 Å². The Balaban J connectivity index is 2.01. The minimum absolute atomic E-state index is 0.196. The summed E-state index contributed by atoms with van der Waals surface area (Å²) in [6.45, 7) is 1.49. The lowest BCUT2D eigenvalue weighted by atomic mass is 10.2. The van der Waals surface area contributed by atoms with E-state index in [0.29, 0.717) is 16.1 Å². The van der Waals surface area contributed by atoms with Crippen molar-refractivity contribution in [2.75, 3.05) is 5.32 Å². The Morgan fingerprint density at radius 1 is 1.29 bits per heavy atom. The molecule has 0 radical (unpaired) electrons. The fourth-order valence-corrected chi connectivity index (χ4v) is 2.16. The number of ether oxygens (including phenoxy) is 1. The second kappa shape index (κ2) is 6.68. The molecule has 5 nitrogen and oxygen atoms in total. The summed E-state index contributed by atoms with van der Waals surface area (Å²) in [5, 5.41) is 13.1. The Morgan fingerprint density at radius 2 is 2.00 bits per heavy atom. The molecule has 1 N–H and O–H groups in total. The minimum Gasteiger partial charge on any atom is -0.444 e. The quantitative estimate of drug-likeness (QED) is 0.880. The molecule has 1 aromatic carbocycles. The van der Waals surface area contributed by atoms with E-state index >= 15 is 0 Å². The van der Waals surface area contributed by atoms with Gasteiger partial charge in [0.05, 0.1) is 10.4 Å². The molecule has 0 aliphatic carbocycles. The van der Waals surface area contributed by atoms with Crippen molar-refractivity contribution in [3.8, 4) is 6.07 Å². The monoisotopic (exact) mass is 300 g/mol. The molecule has 21 heavy (non-hydrogen) atoms. The van der Waals surface area contributed by atoms with Gasteiger partial charge in [-0.15, -0.1) is 11.3 Å². The largest absolute Gasteiger partial charge is 0.444 e. The zero-order valence-corrected chi connectivity index (χ0v) is 12.0. The maximum atomic E-state index is 11.8. The normalized spacial score (nSPS) is 11.2. The van der Waals surface area contributed by atoms with Crippen molar-refractivity contribution >= 4 is 28.9 Å². The van der Waals surface area contributed by atoms with Crippen molar-refractivity contribution in [3.05, 3.63) is 52.2 Å². The van der Waals surface area contributed by atoms with E-state index in [1.54, 1.807) is 24.3 Å². The van der Waals surface area contributed by atoms with E-state index in [1.165, 1.54) is 30.4 Å². The SMILES string of the molecule is C[C@H](C#N)OC(=O)c1ccc(NC(=O)c2cccs2)cc1. The van der Waals surface area contributed by atoms with Gasteiger partial charge >= 0.3 is 5.97 Å². The van der Waals surface area contributed by atoms with E-state index in [0.717, 1.165) is 0 Å². The first-order chi connectivity index (χ1) is 10.1. The molecule has 2 rings (SSSR count). The number of carbonyl (C=O) groups excluding carboxylic acids is 2. The third kappa shape index (κ3) is 3.91. The number of nitriles is 1. The topological polar surface area (TPSA) is 79.2 Å². The van der Waals surface area contributed by atoms with Crippen molar-refractivity contribution in [2.45, 2.75) is 13.0 Å². The maximum absolute atomic E-state index is 11.8. The van der Waals surface area contributed by atoms with Crippen LogP contribution in [0.2, 0.25) is 0 Å². The summed E-state index contributed by atoms with van der Waals surface area (Å²) < 4.78 is 4.88. The van der Waals surface area contributed by atoms with Crippen LogP contribution in [0.5, 0.6) is 0 Å². The number of amides is 1. The molecule has 1 atom stereocenters. The highest BCUT2D eigenvalue weighted by molar-refractivity contribution is 7.12. The summed E-state index contributed by atoms with van der Waals surface area (Å²) in [5.41, 5.74) is 0.907. The highest BCUT2D eigenvalue weighted by atomic mass is 32.1. The van der Waals surface area contributed by atoms with Gasteiger partial charge in [0.25, 0.3) is 5.91 Å². The fourth-order valence-electron chi connectivity index (χ4n) is 1.55. The highest BCUT2D eigenvalue weighted by Gasteiger charge is 2.12. The van der Waals surface area contributed by atoms with Gasteiger partial charge in [0.15, 0.2) is 6.10 Å². The van der Waals surface area contributed by atoms with E-state index in [2.05, 4.69) is 5.32 Å². The predicted octanol–water partition coefficient (Wildman–Crippen LogP) is 3.07. The number of thiophene rings is 1. The Hall–Kier alpha value is -2.65. The molecule has 0 aliphatic rings. The number of nitrogens with one attached hydrogen (secondary N) is 1. The third-order valence-corrected chi connectivity index (χ3v) is 3.46. The van der Waals surface area contributed by atoms with E-state index in [4.69, 9.17) is 10.00 Å². The number of carbonyl (C=O) groups is 2. The smallest absolute Gasteiger partial charge is 0.339 e. The molecule has 0 fully saturated rings. The molecule has 0 saturated heterocycles. The number of anilines is 1. The van der Waals surface area contributed by atoms with Crippen LogP contribution in [0.15, 0.2) is 41.8 Å². The van der Waals surface area contributed by atoms with Crippen LogP contribution in [0.3, 0.4) is 0 Å². The molecule has 0 aliphatic heterocycles. The predicted molar refractivity (Wildman–Crippen MR) is 79.2 cm³/mol. The van der Waals surface area contributed by atoms with Gasteiger partial charge in [-0.05, 0) is 42.6 Å². The Labute approximate surface area is 125 Å². The van der Waals surface area contributed by atoms with Gasteiger partial charge in [0.1, 0.15) is 6.07 Å². The molecule has 106 valence electrons. The first kappa shape index (κ1) is 14.8. The van der Waals surface area contributed by atoms with Gasteiger partial charge in [-0.2, -0.15) is 5.26 Å². The third-order valence-electron chi connectivity index (χ3n) is 2.59. The molecule has 0 unspecified atom stereocenters. The summed E-state index contributed by atoms with van der Waals surface area (Å²) in [4.78, 5) is 24.1. The fraction of sp³-hybridized carbons (Fsp3) is 0.133. The van der Waals surface area contributed by atoms with Crippen LogP contribution in [0, 0.1) is 11.3 Å². The van der Waals surface area contributed by atoms with Crippen LogP contribution in [-0.2, 0) is 4.74 Å². The van der Waals surface area contributed by atoms with Crippen molar-refractivity contribution in [1.82, 2.24) is 0 Å². The molecule has 1 amide bonds. The number of hydrogen-bond acceptors (Lipinski definition) is 5. The van der Waals surface area contributed by atoms with Gasteiger partial charge in [-0.3, -0.25) is 4.79 Å². The van der Waals surface area contributed by atoms with Crippen molar-refractivity contribution in [2.24, 2.45) is 0 Å². The average molecular weight is 300 g/mol. The lowest BCUT2D eigenvalue weighted by Gasteiger charge is -2.07. The Bertz CT molecular complexity index is 672. The zero-order chi connectivity index (χ0) is 15.2. The van der Waals surface area contributed by atoms with E-state index in [1.807, 2.05) is 11.4 Å². The van der Waals surface area contributed by atoms with Crippen LogP contribution >= 0.6 is 11.3 Å². The number of benzene rings is 1. The summed E-state index contributed by atoms with van der Waals surface area (Å²) in [7, 11) is 0. The molecule has 0 bridgehead atoms. The summed E-state index contributed by atoms with van der Waals surface area (Å²) in [6, 6.07) is 11.6.